The number of benzene rings is 2. The predicted octanol–water partition coefficient (Wildman–Crippen LogP) is 6.04. The molecule has 3 atom stereocenters. The summed E-state index contributed by atoms with van der Waals surface area (Å²) in [6.45, 7) is 2.55. The van der Waals surface area contributed by atoms with Gasteiger partial charge in [-0.15, -0.1) is 0 Å². The Labute approximate surface area is 196 Å². The number of carbonyl (C=O) groups excluding carboxylic acids is 1. The van der Waals surface area contributed by atoms with Gasteiger partial charge in [0.15, 0.2) is 0 Å². The van der Waals surface area contributed by atoms with Crippen LogP contribution in [0.2, 0.25) is 0 Å². The lowest BCUT2D eigenvalue weighted by Crippen LogP contribution is -2.45. The van der Waals surface area contributed by atoms with E-state index in [1.165, 1.54) is 18.4 Å². The molecule has 1 amide bonds. The fourth-order valence-corrected chi connectivity index (χ4v) is 5.29. The first-order chi connectivity index (χ1) is 16.1. The lowest BCUT2D eigenvalue weighted by Gasteiger charge is -2.41. The third-order valence-electron chi connectivity index (χ3n) is 7.01. The molecule has 2 heterocycles. The normalized spacial score (nSPS) is 22.9. The van der Waals surface area contributed by atoms with Crippen molar-refractivity contribution in [2.45, 2.75) is 76.6 Å². The maximum Gasteiger partial charge on any atom is 0.412 e. The second-order valence-electron chi connectivity index (χ2n) is 9.34. The minimum Gasteiger partial charge on any atom is -0.495 e. The first-order valence-electron chi connectivity index (χ1n) is 12.1. The van der Waals surface area contributed by atoms with Gasteiger partial charge in [0.1, 0.15) is 11.9 Å². The highest BCUT2D eigenvalue weighted by molar-refractivity contribution is 5.87. The lowest BCUT2D eigenvalue weighted by molar-refractivity contribution is 0.0586. The van der Waals surface area contributed by atoms with E-state index < -0.39 is 6.09 Å². The summed E-state index contributed by atoms with van der Waals surface area (Å²) in [5.74, 6) is 0.623. The number of amides is 1. The zero-order chi connectivity index (χ0) is 23.2. The summed E-state index contributed by atoms with van der Waals surface area (Å²) >= 11 is 0. The second-order valence-corrected chi connectivity index (χ2v) is 9.34. The summed E-state index contributed by atoms with van der Waals surface area (Å²) in [5, 5.41) is 2.87. The Kier molecular flexibility index (Phi) is 7.86. The van der Waals surface area contributed by atoms with Crippen LogP contribution in [0.4, 0.5) is 14.9 Å². The summed E-state index contributed by atoms with van der Waals surface area (Å²) in [4.78, 5) is 15.3. The highest BCUT2D eigenvalue weighted by Gasteiger charge is 2.36. The molecule has 2 aromatic rings. The van der Waals surface area contributed by atoms with Crippen LogP contribution in [-0.2, 0) is 17.7 Å². The maximum atomic E-state index is 12.7. The first-order valence-corrected chi connectivity index (χ1v) is 12.1. The molecule has 2 aliphatic rings. The van der Waals surface area contributed by atoms with Crippen molar-refractivity contribution in [3.63, 3.8) is 0 Å². The Balaban J connectivity index is 1.38. The smallest absolute Gasteiger partial charge is 0.412 e. The Bertz CT molecular complexity index is 933. The average Bonchev–Trinajstić information content (AvgIpc) is 2.88. The number of alkyl halides is 1. The minimum absolute atomic E-state index is 0.0941. The molecule has 33 heavy (non-hydrogen) atoms. The van der Waals surface area contributed by atoms with E-state index in [0.29, 0.717) is 29.9 Å². The zero-order valence-corrected chi connectivity index (χ0v) is 19.7. The van der Waals surface area contributed by atoms with Crippen LogP contribution < -0.4 is 10.1 Å². The van der Waals surface area contributed by atoms with E-state index in [-0.39, 0.29) is 12.8 Å². The fraction of sp³-hybridized carbons (Fsp3) is 0.519. The van der Waals surface area contributed by atoms with Gasteiger partial charge in [-0.3, -0.25) is 14.6 Å². The second kappa shape index (κ2) is 11.0. The van der Waals surface area contributed by atoms with Crippen molar-refractivity contribution in [2.24, 2.45) is 0 Å². The van der Waals surface area contributed by atoms with Crippen molar-refractivity contribution in [3.05, 3.63) is 59.2 Å². The molecule has 0 saturated carbocycles. The van der Waals surface area contributed by atoms with E-state index in [1.807, 2.05) is 37.3 Å². The molecular weight excluding hydrogens is 418 g/mol. The van der Waals surface area contributed by atoms with Crippen LogP contribution in [-0.4, -0.2) is 43.0 Å². The van der Waals surface area contributed by atoms with Crippen molar-refractivity contribution >= 4 is 11.8 Å². The SMILES string of the molecule is COc1ccc(C)cc1NC(=O)OC1CCC2CCCC(C1)N2Cc1ccc(CC[18F])cc1. The molecule has 1 N–H and O–H groups in total. The molecule has 4 rings (SSSR count). The molecule has 2 bridgehead atoms. The fourth-order valence-electron chi connectivity index (χ4n) is 5.29. The van der Waals surface area contributed by atoms with Crippen molar-refractivity contribution in [3.8, 4) is 5.75 Å². The van der Waals surface area contributed by atoms with E-state index in [0.717, 1.165) is 43.4 Å². The molecule has 2 aromatic carbocycles. The number of halogens is 1. The van der Waals surface area contributed by atoms with Gasteiger partial charge < -0.3 is 9.47 Å². The molecule has 2 fully saturated rings. The van der Waals surface area contributed by atoms with E-state index in [1.54, 1.807) is 7.11 Å². The van der Waals surface area contributed by atoms with Gasteiger partial charge in [-0.1, -0.05) is 36.8 Å². The average molecular weight is 454 g/mol. The Morgan fingerprint density at radius 3 is 2.58 bits per heavy atom. The number of nitrogens with zero attached hydrogens (tertiary/aromatic N) is 1. The lowest BCUT2D eigenvalue weighted by atomic mass is 9.93. The van der Waals surface area contributed by atoms with Gasteiger partial charge in [-0.25, -0.2) is 4.79 Å². The molecule has 0 spiro atoms. The molecule has 2 aliphatic heterocycles. The summed E-state index contributed by atoms with van der Waals surface area (Å²) in [6.07, 6.45) is 6.27. The van der Waals surface area contributed by atoms with Crippen LogP contribution in [0.25, 0.3) is 0 Å². The number of fused-ring (bicyclic) bond motifs is 2. The van der Waals surface area contributed by atoms with Gasteiger partial charge in [0, 0.05) is 31.5 Å². The molecule has 178 valence electrons. The number of anilines is 1. The van der Waals surface area contributed by atoms with E-state index in [4.69, 9.17) is 9.47 Å². The van der Waals surface area contributed by atoms with Crippen molar-refractivity contribution < 1.29 is 18.7 Å². The standard InChI is InChI=1S/C27H35FN2O3/c1-19-6-13-26(32-2)25(16-19)29-27(31)33-24-12-11-22-4-3-5-23(17-24)30(22)18-21-9-7-20(8-10-21)14-15-28/h6-10,13,16,22-24H,3-5,11-12,14-15,17-18H2,1-2H3,(H,29,31)/i28-1. The third-order valence-corrected chi connectivity index (χ3v) is 7.01. The van der Waals surface area contributed by atoms with Crippen molar-refractivity contribution in [1.82, 2.24) is 4.90 Å². The van der Waals surface area contributed by atoms with Crippen molar-refractivity contribution in [2.75, 3.05) is 19.1 Å². The number of rotatable bonds is 7. The third kappa shape index (κ3) is 6.05. The van der Waals surface area contributed by atoms with Gasteiger partial charge in [0.25, 0.3) is 0 Å². The molecule has 6 heteroatoms. The molecule has 0 aromatic heterocycles. The minimum atomic E-state index is -0.421. The molecule has 5 nitrogen and oxygen atoms in total. The van der Waals surface area contributed by atoms with Gasteiger partial charge in [-0.2, -0.15) is 0 Å². The Morgan fingerprint density at radius 1 is 1.06 bits per heavy atom. The number of hydrogen-bond acceptors (Lipinski definition) is 4. The summed E-state index contributed by atoms with van der Waals surface area (Å²) < 4.78 is 23.9. The highest BCUT2D eigenvalue weighted by atomic mass is 18.2. The summed E-state index contributed by atoms with van der Waals surface area (Å²) in [7, 11) is 1.59. The highest BCUT2D eigenvalue weighted by Crippen LogP contribution is 2.35. The number of ether oxygens (including phenoxy) is 2. The number of carbonyl (C=O) groups is 1. The van der Waals surface area contributed by atoms with Crippen molar-refractivity contribution in [1.29, 1.82) is 0 Å². The van der Waals surface area contributed by atoms with Gasteiger partial charge in [0.05, 0.1) is 19.5 Å². The maximum absolute atomic E-state index is 12.7. The Morgan fingerprint density at radius 2 is 1.82 bits per heavy atom. The molecule has 2 saturated heterocycles. The Hall–Kier alpha value is -2.60. The molecule has 0 aliphatic carbocycles. The molecule has 0 radical (unpaired) electrons. The topological polar surface area (TPSA) is 50.8 Å². The quantitative estimate of drug-likeness (QED) is 0.555. The molecule has 3 unspecified atom stereocenters. The van der Waals surface area contributed by atoms with Gasteiger partial charge in [0.2, 0.25) is 0 Å². The van der Waals surface area contributed by atoms with Crippen LogP contribution in [0.5, 0.6) is 5.75 Å². The monoisotopic (exact) mass is 453 g/mol. The van der Waals surface area contributed by atoms with Crippen LogP contribution in [0.3, 0.4) is 0 Å². The van der Waals surface area contributed by atoms with Gasteiger partial charge >= 0.3 is 6.09 Å². The largest absolute Gasteiger partial charge is 0.495 e. The number of piperidine rings is 1. The molecular formula is C27H35FN2O3. The van der Waals surface area contributed by atoms with Crippen LogP contribution in [0, 0.1) is 6.92 Å². The summed E-state index contributed by atoms with van der Waals surface area (Å²) in [6, 6.07) is 14.9. The van der Waals surface area contributed by atoms with E-state index >= 15 is 0 Å². The van der Waals surface area contributed by atoms with E-state index in [9.17, 15) is 9.18 Å². The predicted molar refractivity (Wildman–Crippen MR) is 129 cm³/mol. The number of aryl methyl sites for hydroxylation is 2. The first kappa shape index (κ1) is 23.6. The number of methoxy groups -OCH3 is 1. The number of nitrogens with one attached hydrogen (secondary N) is 1. The number of hydrogen-bond donors (Lipinski definition) is 1. The van der Waals surface area contributed by atoms with E-state index in [2.05, 4.69) is 22.3 Å². The van der Waals surface area contributed by atoms with Crippen LogP contribution >= 0.6 is 0 Å². The zero-order valence-electron chi connectivity index (χ0n) is 19.7. The van der Waals surface area contributed by atoms with Crippen LogP contribution in [0.15, 0.2) is 42.5 Å². The summed E-state index contributed by atoms with van der Waals surface area (Å²) in [5.41, 5.74) is 3.98. The van der Waals surface area contributed by atoms with Gasteiger partial charge in [-0.05, 0) is 61.4 Å². The van der Waals surface area contributed by atoms with Crippen LogP contribution in [0.1, 0.15) is 55.2 Å².